The number of benzene rings is 2. The van der Waals surface area contributed by atoms with E-state index in [2.05, 4.69) is 16.9 Å². The third-order valence-corrected chi connectivity index (χ3v) is 7.40. The van der Waals surface area contributed by atoms with Crippen LogP contribution in [0, 0.1) is 12.8 Å². The molecule has 1 aromatic heterocycles. The summed E-state index contributed by atoms with van der Waals surface area (Å²) in [6.07, 6.45) is 5.39. The lowest BCUT2D eigenvalue weighted by Gasteiger charge is -2.24. The fourth-order valence-corrected chi connectivity index (χ4v) is 5.32. The number of aromatic nitrogens is 2. The molecule has 0 bridgehead atoms. The fraction of sp³-hybridized carbons (Fsp3) is 0.308. The zero-order valence-electron chi connectivity index (χ0n) is 19.4. The molecule has 2 amide bonds. The SMILES string of the molecule is C=CCn1c(CN(CC2CC2)C(=O)Nc2ccc(C)cc2)cnc1S(=O)(=O)Cc1ccccc1. The summed E-state index contributed by atoms with van der Waals surface area (Å²) >= 11 is 0. The molecule has 3 aromatic rings. The number of amides is 2. The Balaban J connectivity index is 1.57. The monoisotopic (exact) mass is 478 g/mol. The second kappa shape index (κ2) is 10.3. The van der Waals surface area contributed by atoms with Crippen molar-refractivity contribution in [3.05, 3.63) is 90.3 Å². The molecule has 0 spiro atoms. The molecule has 0 atom stereocenters. The van der Waals surface area contributed by atoms with Crippen LogP contribution in [0.15, 0.2) is 78.6 Å². The van der Waals surface area contributed by atoms with Gasteiger partial charge in [0.15, 0.2) is 0 Å². The molecular formula is C26H30N4O3S. The lowest BCUT2D eigenvalue weighted by Crippen LogP contribution is -2.36. The maximum Gasteiger partial charge on any atom is 0.322 e. The van der Waals surface area contributed by atoms with Crippen LogP contribution >= 0.6 is 0 Å². The van der Waals surface area contributed by atoms with Crippen LogP contribution in [0.2, 0.25) is 0 Å². The smallest absolute Gasteiger partial charge is 0.318 e. The Kier molecular flexibility index (Phi) is 7.17. The number of nitrogens with one attached hydrogen (secondary N) is 1. The van der Waals surface area contributed by atoms with Crippen LogP contribution in [0.3, 0.4) is 0 Å². The van der Waals surface area contributed by atoms with E-state index in [1.54, 1.807) is 33.9 Å². The minimum Gasteiger partial charge on any atom is -0.318 e. The molecule has 34 heavy (non-hydrogen) atoms. The fourth-order valence-electron chi connectivity index (χ4n) is 3.82. The highest BCUT2D eigenvalue weighted by atomic mass is 32.2. The van der Waals surface area contributed by atoms with Gasteiger partial charge in [0, 0.05) is 18.8 Å². The van der Waals surface area contributed by atoms with Crippen molar-refractivity contribution in [1.82, 2.24) is 14.5 Å². The number of anilines is 1. The summed E-state index contributed by atoms with van der Waals surface area (Å²) in [5.41, 5.74) is 3.20. The van der Waals surface area contributed by atoms with Crippen molar-refractivity contribution in [3.8, 4) is 0 Å². The number of hydrogen-bond acceptors (Lipinski definition) is 4. The second-order valence-corrected chi connectivity index (χ2v) is 10.7. The quantitative estimate of drug-likeness (QED) is 0.425. The predicted octanol–water partition coefficient (Wildman–Crippen LogP) is 4.80. The highest BCUT2D eigenvalue weighted by Crippen LogP contribution is 2.31. The number of allylic oxidation sites excluding steroid dienone is 1. The van der Waals surface area contributed by atoms with Gasteiger partial charge in [-0.3, -0.25) is 0 Å². The van der Waals surface area contributed by atoms with E-state index < -0.39 is 9.84 Å². The van der Waals surface area contributed by atoms with E-state index in [0.29, 0.717) is 23.7 Å². The van der Waals surface area contributed by atoms with Gasteiger partial charge in [-0.2, -0.15) is 0 Å². The summed E-state index contributed by atoms with van der Waals surface area (Å²) in [6, 6.07) is 16.5. The number of imidazole rings is 1. The van der Waals surface area contributed by atoms with Gasteiger partial charge in [0.2, 0.25) is 15.0 Å². The summed E-state index contributed by atoms with van der Waals surface area (Å²) < 4.78 is 28.0. The Bertz CT molecular complexity index is 1250. The molecule has 1 fully saturated rings. The Labute approximate surface area is 201 Å². The van der Waals surface area contributed by atoms with Crippen molar-refractivity contribution in [2.24, 2.45) is 5.92 Å². The van der Waals surface area contributed by atoms with E-state index >= 15 is 0 Å². The van der Waals surface area contributed by atoms with E-state index in [9.17, 15) is 13.2 Å². The standard InChI is InChI=1S/C26H30N4O3S/c1-3-15-30-24(16-27-26(30)34(32,33)19-22-7-5-4-6-8-22)18-29(17-21-11-12-21)25(31)28-23-13-9-20(2)10-14-23/h3-10,13-14,16,21H,1,11-12,15,17-19H2,2H3,(H,28,31). The molecule has 0 radical (unpaired) electrons. The largest absolute Gasteiger partial charge is 0.322 e. The van der Waals surface area contributed by atoms with E-state index in [4.69, 9.17) is 0 Å². The Morgan fingerprint density at radius 2 is 1.88 bits per heavy atom. The molecule has 0 unspecified atom stereocenters. The average Bonchev–Trinajstić information content (AvgIpc) is 3.54. The number of sulfone groups is 1. The molecule has 1 aliphatic carbocycles. The molecule has 1 heterocycles. The van der Waals surface area contributed by atoms with Gasteiger partial charge < -0.3 is 14.8 Å². The highest BCUT2D eigenvalue weighted by molar-refractivity contribution is 7.90. The van der Waals surface area contributed by atoms with Gasteiger partial charge in [-0.25, -0.2) is 18.2 Å². The maximum absolute atomic E-state index is 13.2. The van der Waals surface area contributed by atoms with Crippen molar-refractivity contribution < 1.29 is 13.2 Å². The van der Waals surface area contributed by atoms with Gasteiger partial charge in [-0.05, 0) is 43.4 Å². The number of aryl methyl sites for hydroxylation is 1. The first-order valence-electron chi connectivity index (χ1n) is 11.4. The van der Waals surface area contributed by atoms with E-state index in [1.165, 1.54) is 0 Å². The van der Waals surface area contributed by atoms with Gasteiger partial charge in [0.1, 0.15) is 0 Å². The summed E-state index contributed by atoms with van der Waals surface area (Å²) in [5, 5.41) is 2.96. The summed E-state index contributed by atoms with van der Waals surface area (Å²) in [5.74, 6) is 0.335. The van der Waals surface area contributed by atoms with Crippen LogP contribution in [-0.4, -0.2) is 35.4 Å². The number of carbonyl (C=O) groups excluding carboxylic acids is 1. The number of carbonyl (C=O) groups is 1. The lowest BCUT2D eigenvalue weighted by atomic mass is 10.2. The normalized spacial score (nSPS) is 13.4. The Morgan fingerprint density at radius 1 is 1.18 bits per heavy atom. The van der Waals surface area contributed by atoms with Crippen molar-refractivity contribution in [3.63, 3.8) is 0 Å². The van der Waals surface area contributed by atoms with Crippen LogP contribution < -0.4 is 5.32 Å². The van der Waals surface area contributed by atoms with Crippen molar-refractivity contribution in [1.29, 1.82) is 0 Å². The third kappa shape index (κ3) is 5.94. The van der Waals surface area contributed by atoms with E-state index in [0.717, 1.165) is 24.1 Å². The molecule has 1 aliphatic rings. The number of hydrogen-bond donors (Lipinski definition) is 1. The van der Waals surface area contributed by atoms with Crippen LogP contribution in [-0.2, 0) is 28.7 Å². The number of nitrogens with zero attached hydrogens (tertiary/aromatic N) is 3. The number of rotatable bonds is 10. The van der Waals surface area contributed by atoms with Gasteiger partial charge in [-0.15, -0.1) is 6.58 Å². The highest BCUT2D eigenvalue weighted by Gasteiger charge is 2.29. The summed E-state index contributed by atoms with van der Waals surface area (Å²) in [6.45, 7) is 6.94. The first-order valence-corrected chi connectivity index (χ1v) is 13.1. The molecule has 2 aromatic carbocycles. The number of urea groups is 1. The maximum atomic E-state index is 13.2. The van der Waals surface area contributed by atoms with Gasteiger partial charge in [0.25, 0.3) is 0 Å². The van der Waals surface area contributed by atoms with Gasteiger partial charge in [0.05, 0.1) is 24.2 Å². The minimum absolute atomic E-state index is 0.00318. The summed E-state index contributed by atoms with van der Waals surface area (Å²) in [4.78, 5) is 19.1. The van der Waals surface area contributed by atoms with Crippen LogP contribution in [0.1, 0.15) is 29.7 Å². The molecular weight excluding hydrogens is 448 g/mol. The molecule has 7 nitrogen and oxygen atoms in total. The topological polar surface area (TPSA) is 84.3 Å². The first kappa shape index (κ1) is 23.8. The molecule has 8 heteroatoms. The minimum atomic E-state index is -3.68. The van der Waals surface area contributed by atoms with Gasteiger partial charge in [-0.1, -0.05) is 54.1 Å². The third-order valence-electron chi connectivity index (χ3n) is 5.81. The molecule has 0 aliphatic heterocycles. The van der Waals surface area contributed by atoms with Crippen molar-refractivity contribution in [2.75, 3.05) is 11.9 Å². The molecule has 0 saturated heterocycles. The molecule has 4 rings (SSSR count). The summed E-state index contributed by atoms with van der Waals surface area (Å²) in [7, 11) is -3.68. The second-order valence-electron chi connectivity index (χ2n) is 8.80. The van der Waals surface area contributed by atoms with E-state index in [1.807, 2.05) is 49.4 Å². The van der Waals surface area contributed by atoms with Crippen molar-refractivity contribution in [2.45, 2.75) is 43.8 Å². The predicted molar refractivity (Wildman–Crippen MR) is 133 cm³/mol. The first-order chi connectivity index (χ1) is 16.4. The van der Waals surface area contributed by atoms with Gasteiger partial charge >= 0.3 is 6.03 Å². The average molecular weight is 479 g/mol. The Morgan fingerprint density at radius 3 is 2.53 bits per heavy atom. The van der Waals surface area contributed by atoms with Crippen LogP contribution in [0.5, 0.6) is 0 Å². The zero-order chi connectivity index (χ0) is 24.1. The lowest BCUT2D eigenvalue weighted by molar-refractivity contribution is 0.205. The van der Waals surface area contributed by atoms with Crippen LogP contribution in [0.4, 0.5) is 10.5 Å². The van der Waals surface area contributed by atoms with Crippen molar-refractivity contribution >= 4 is 21.6 Å². The molecule has 1 saturated carbocycles. The van der Waals surface area contributed by atoms with E-state index in [-0.39, 0.29) is 30.0 Å². The molecule has 1 N–H and O–H groups in total. The molecule has 178 valence electrons. The Hall–Kier alpha value is -3.39. The van der Waals surface area contributed by atoms with Crippen LogP contribution in [0.25, 0.3) is 0 Å². The zero-order valence-corrected chi connectivity index (χ0v) is 20.2.